The van der Waals surface area contributed by atoms with Crippen molar-refractivity contribution in [2.45, 2.75) is 38.1 Å². The smallest absolute Gasteiger partial charge is 0.308 e. The molecule has 0 bridgehead atoms. The predicted octanol–water partition coefficient (Wildman–Crippen LogP) is 3.27. The lowest BCUT2D eigenvalue weighted by atomic mass is 9.74. The Balaban J connectivity index is 2.17. The third-order valence-electron chi connectivity index (χ3n) is 3.73. The number of hydrogen-bond donors (Lipinski definition) is 2. The van der Waals surface area contributed by atoms with Gasteiger partial charge in [0.05, 0.1) is 11.5 Å². The Kier molecular flexibility index (Phi) is 4.30. The number of nitrogens with one attached hydrogen (secondary N) is 1. The molecule has 0 spiro atoms. The zero-order chi connectivity index (χ0) is 14.0. The summed E-state index contributed by atoms with van der Waals surface area (Å²) in [7, 11) is 0. The second-order valence-corrected chi connectivity index (χ2v) is 6.88. The quantitative estimate of drug-likeness (QED) is 0.883. The molecule has 1 aromatic rings. The first-order chi connectivity index (χ1) is 8.94. The number of carboxylic acid groups (broad SMARTS) is 1. The molecule has 1 aromatic heterocycles. The largest absolute Gasteiger partial charge is 0.481 e. The number of carbonyl (C=O) groups is 2. The van der Waals surface area contributed by atoms with Gasteiger partial charge in [0.15, 0.2) is 0 Å². The number of hydrogen-bond acceptors (Lipinski definition) is 3. The van der Waals surface area contributed by atoms with Crippen LogP contribution in [0.2, 0.25) is 0 Å². The molecule has 2 N–H and O–H groups in total. The lowest BCUT2D eigenvalue weighted by Gasteiger charge is -2.39. The Hall–Kier alpha value is -0.880. The van der Waals surface area contributed by atoms with Crippen LogP contribution in [-0.2, 0) is 4.79 Å². The molecule has 6 heteroatoms. The standard InChI is InChI=1S/C13H16BrNO3S/c1-13(6-3-2-4-8(13)12(17)18)15-11(16)10-9(14)5-7-19-10/h5,7-8H,2-4,6H2,1H3,(H,15,16)(H,17,18). The van der Waals surface area contributed by atoms with E-state index in [-0.39, 0.29) is 5.91 Å². The van der Waals surface area contributed by atoms with Crippen molar-refractivity contribution in [3.05, 3.63) is 20.8 Å². The lowest BCUT2D eigenvalue weighted by Crippen LogP contribution is -2.55. The second-order valence-electron chi connectivity index (χ2n) is 5.11. The van der Waals surface area contributed by atoms with E-state index in [0.29, 0.717) is 17.7 Å². The Bertz CT molecular complexity index is 502. The van der Waals surface area contributed by atoms with Crippen molar-refractivity contribution in [2.75, 3.05) is 0 Å². The molecule has 1 fully saturated rings. The number of carboxylic acids is 1. The summed E-state index contributed by atoms with van der Waals surface area (Å²) in [6.07, 6.45) is 3.19. The fourth-order valence-electron chi connectivity index (χ4n) is 2.65. The molecule has 104 valence electrons. The number of aliphatic carboxylic acids is 1. The maximum atomic E-state index is 12.2. The van der Waals surface area contributed by atoms with E-state index in [2.05, 4.69) is 21.2 Å². The molecule has 0 aliphatic heterocycles. The highest BCUT2D eigenvalue weighted by atomic mass is 79.9. The van der Waals surface area contributed by atoms with Crippen molar-refractivity contribution in [2.24, 2.45) is 5.92 Å². The number of rotatable bonds is 3. The van der Waals surface area contributed by atoms with Crippen molar-refractivity contribution in [1.29, 1.82) is 0 Å². The molecule has 1 aliphatic rings. The van der Waals surface area contributed by atoms with Gasteiger partial charge in [0.1, 0.15) is 4.88 Å². The SMILES string of the molecule is CC1(NC(=O)c2sccc2Br)CCCCC1C(=O)O. The van der Waals surface area contributed by atoms with Crippen LogP contribution in [0.4, 0.5) is 0 Å². The van der Waals surface area contributed by atoms with Gasteiger partial charge >= 0.3 is 5.97 Å². The summed E-state index contributed by atoms with van der Waals surface area (Å²) in [4.78, 5) is 24.2. The van der Waals surface area contributed by atoms with Crippen LogP contribution in [0.15, 0.2) is 15.9 Å². The van der Waals surface area contributed by atoms with E-state index in [0.717, 1.165) is 17.3 Å². The van der Waals surface area contributed by atoms with Crippen LogP contribution in [0.3, 0.4) is 0 Å². The fraction of sp³-hybridized carbons (Fsp3) is 0.538. The summed E-state index contributed by atoms with van der Waals surface area (Å²) in [6, 6.07) is 1.82. The average Bonchev–Trinajstić information content (AvgIpc) is 2.75. The van der Waals surface area contributed by atoms with Gasteiger partial charge in [-0.1, -0.05) is 12.8 Å². The van der Waals surface area contributed by atoms with Crippen LogP contribution >= 0.6 is 27.3 Å². The normalized spacial score (nSPS) is 26.9. The molecule has 2 rings (SSSR count). The number of halogens is 1. The summed E-state index contributed by atoms with van der Waals surface area (Å²) in [6.45, 7) is 1.84. The van der Waals surface area contributed by atoms with Gasteiger partial charge < -0.3 is 10.4 Å². The molecule has 4 nitrogen and oxygen atoms in total. The van der Waals surface area contributed by atoms with Gasteiger partial charge in [-0.2, -0.15) is 0 Å². The van der Waals surface area contributed by atoms with Crippen LogP contribution in [0.25, 0.3) is 0 Å². The van der Waals surface area contributed by atoms with E-state index in [1.54, 1.807) is 0 Å². The third kappa shape index (κ3) is 3.00. The van der Waals surface area contributed by atoms with Gasteiger partial charge in [-0.25, -0.2) is 0 Å². The minimum Gasteiger partial charge on any atom is -0.481 e. The van der Waals surface area contributed by atoms with Crippen molar-refractivity contribution in [3.63, 3.8) is 0 Å². The minimum atomic E-state index is -0.826. The molecular formula is C13H16BrNO3S. The maximum Gasteiger partial charge on any atom is 0.308 e. The van der Waals surface area contributed by atoms with Crippen molar-refractivity contribution >= 4 is 39.1 Å². The average molecular weight is 346 g/mol. The first kappa shape index (κ1) is 14.5. The van der Waals surface area contributed by atoms with E-state index in [4.69, 9.17) is 0 Å². The molecule has 0 saturated heterocycles. The van der Waals surface area contributed by atoms with Gasteiger partial charge in [0.25, 0.3) is 5.91 Å². The molecule has 19 heavy (non-hydrogen) atoms. The Labute approximate surface area is 124 Å². The molecule has 0 aromatic carbocycles. The second kappa shape index (κ2) is 5.63. The van der Waals surface area contributed by atoms with E-state index in [1.807, 2.05) is 18.4 Å². The highest BCUT2D eigenvalue weighted by Crippen LogP contribution is 2.34. The van der Waals surface area contributed by atoms with Crippen LogP contribution < -0.4 is 5.32 Å². The monoisotopic (exact) mass is 345 g/mol. The van der Waals surface area contributed by atoms with Gasteiger partial charge in [-0.15, -0.1) is 11.3 Å². The van der Waals surface area contributed by atoms with Gasteiger partial charge in [-0.05, 0) is 47.1 Å². The van der Waals surface area contributed by atoms with Crippen molar-refractivity contribution in [3.8, 4) is 0 Å². The Morgan fingerprint density at radius 1 is 1.53 bits per heavy atom. The van der Waals surface area contributed by atoms with E-state index >= 15 is 0 Å². The third-order valence-corrected chi connectivity index (χ3v) is 5.57. The van der Waals surface area contributed by atoms with Crippen LogP contribution in [0.1, 0.15) is 42.3 Å². The molecule has 1 amide bonds. The van der Waals surface area contributed by atoms with Gasteiger partial charge in [-0.3, -0.25) is 9.59 Å². The van der Waals surface area contributed by atoms with Crippen LogP contribution in [-0.4, -0.2) is 22.5 Å². The van der Waals surface area contributed by atoms with Crippen LogP contribution in [0.5, 0.6) is 0 Å². The number of carbonyl (C=O) groups excluding carboxylic acids is 1. The highest BCUT2D eigenvalue weighted by molar-refractivity contribution is 9.10. The predicted molar refractivity (Wildman–Crippen MR) is 77.5 cm³/mol. The van der Waals surface area contributed by atoms with E-state index in [1.165, 1.54) is 11.3 Å². The minimum absolute atomic E-state index is 0.197. The van der Waals surface area contributed by atoms with Gasteiger partial charge in [0, 0.05) is 4.47 Å². The Morgan fingerprint density at radius 3 is 2.84 bits per heavy atom. The molecule has 1 heterocycles. The molecule has 2 unspecified atom stereocenters. The summed E-state index contributed by atoms with van der Waals surface area (Å²) < 4.78 is 0.751. The molecule has 0 radical (unpaired) electrons. The first-order valence-electron chi connectivity index (χ1n) is 6.22. The fourth-order valence-corrected chi connectivity index (χ4v) is 4.10. The summed E-state index contributed by atoms with van der Waals surface area (Å²) in [5.74, 6) is -1.53. The molecular weight excluding hydrogens is 330 g/mol. The zero-order valence-electron chi connectivity index (χ0n) is 10.6. The van der Waals surface area contributed by atoms with E-state index < -0.39 is 17.4 Å². The van der Waals surface area contributed by atoms with Crippen molar-refractivity contribution in [1.82, 2.24) is 5.32 Å². The Morgan fingerprint density at radius 2 is 2.26 bits per heavy atom. The number of thiophene rings is 1. The topological polar surface area (TPSA) is 66.4 Å². The first-order valence-corrected chi connectivity index (χ1v) is 7.89. The molecule has 1 aliphatic carbocycles. The summed E-state index contributed by atoms with van der Waals surface area (Å²) in [5, 5.41) is 14.1. The zero-order valence-corrected chi connectivity index (χ0v) is 13.0. The van der Waals surface area contributed by atoms with Crippen LogP contribution in [0, 0.1) is 5.92 Å². The highest BCUT2D eigenvalue weighted by Gasteiger charge is 2.42. The number of amides is 1. The summed E-state index contributed by atoms with van der Waals surface area (Å²) >= 11 is 4.67. The molecule has 2 atom stereocenters. The van der Waals surface area contributed by atoms with E-state index in [9.17, 15) is 14.7 Å². The summed E-state index contributed by atoms with van der Waals surface area (Å²) in [5.41, 5.74) is -0.662. The van der Waals surface area contributed by atoms with Crippen molar-refractivity contribution < 1.29 is 14.7 Å². The lowest BCUT2D eigenvalue weighted by molar-refractivity contribution is -0.145. The molecule has 1 saturated carbocycles. The van der Waals surface area contributed by atoms with Gasteiger partial charge in [0.2, 0.25) is 0 Å². The maximum absolute atomic E-state index is 12.2.